The first-order valence-electron chi connectivity index (χ1n) is 10.2. The monoisotopic (exact) mass is 449 g/mol. The van der Waals surface area contributed by atoms with E-state index in [0.717, 1.165) is 24.2 Å². The molecule has 160 valence electrons. The lowest BCUT2D eigenvalue weighted by Gasteiger charge is -2.25. The predicted molar refractivity (Wildman–Crippen MR) is 117 cm³/mol. The van der Waals surface area contributed by atoms with Gasteiger partial charge in [-0.3, -0.25) is 4.57 Å². The summed E-state index contributed by atoms with van der Waals surface area (Å²) in [6.45, 7) is 1.35. The highest BCUT2D eigenvalue weighted by Gasteiger charge is 2.24. The Bertz CT molecular complexity index is 1440. The molecule has 0 unspecified atom stereocenters. The van der Waals surface area contributed by atoms with Crippen molar-refractivity contribution in [3.8, 4) is 17.3 Å². The maximum absolute atomic E-state index is 13.9. The normalized spacial score (nSPS) is 15.1. The van der Waals surface area contributed by atoms with Crippen LogP contribution in [0.5, 0.6) is 0 Å². The smallest absolute Gasteiger partial charge is 0.237 e. The summed E-state index contributed by atoms with van der Waals surface area (Å²) in [6.07, 6.45) is 6.69. The van der Waals surface area contributed by atoms with Gasteiger partial charge in [-0.15, -0.1) is 0 Å². The van der Waals surface area contributed by atoms with Gasteiger partial charge in [0.05, 0.1) is 17.2 Å². The molecule has 0 saturated carbocycles. The molecule has 1 aromatic carbocycles. The zero-order chi connectivity index (χ0) is 21.7. The summed E-state index contributed by atoms with van der Waals surface area (Å²) in [5.41, 5.74) is 3.48. The SMILES string of the molecule is Fc1ccc2ncn(-c3ncc4nc(-c5ccc(Cl)nc5)n(C5CCOCC5)c4n3)c2c1. The second-order valence-electron chi connectivity index (χ2n) is 7.65. The van der Waals surface area contributed by atoms with Crippen molar-refractivity contribution >= 4 is 33.8 Å². The van der Waals surface area contributed by atoms with Crippen LogP contribution in [0, 0.1) is 5.82 Å². The van der Waals surface area contributed by atoms with Crippen molar-refractivity contribution in [1.82, 2.24) is 34.1 Å². The Morgan fingerprint density at radius 3 is 2.66 bits per heavy atom. The number of aromatic nitrogens is 7. The molecule has 6 rings (SSSR count). The zero-order valence-corrected chi connectivity index (χ0v) is 17.6. The summed E-state index contributed by atoms with van der Waals surface area (Å²) in [6, 6.07) is 8.25. The molecule has 32 heavy (non-hydrogen) atoms. The standard InChI is InChI=1S/C22H17ClFN7O/c23-19-4-1-13(10-25-19)20-28-17-11-26-22(29-21(17)31(20)15-5-7-32-8-6-15)30-12-27-16-3-2-14(24)9-18(16)30/h1-4,9-12,15H,5-8H2. The van der Waals surface area contributed by atoms with Crippen LogP contribution in [-0.4, -0.2) is 47.3 Å². The summed E-state index contributed by atoms with van der Waals surface area (Å²) in [5.74, 6) is 0.814. The van der Waals surface area contributed by atoms with Crippen molar-refractivity contribution < 1.29 is 9.13 Å². The third kappa shape index (κ3) is 3.21. The van der Waals surface area contributed by atoms with Crippen molar-refractivity contribution in [1.29, 1.82) is 0 Å². The third-order valence-corrected chi connectivity index (χ3v) is 5.91. The average Bonchev–Trinajstić information content (AvgIpc) is 3.41. The van der Waals surface area contributed by atoms with E-state index in [-0.39, 0.29) is 11.9 Å². The van der Waals surface area contributed by atoms with Gasteiger partial charge in [-0.25, -0.2) is 24.3 Å². The summed E-state index contributed by atoms with van der Waals surface area (Å²) in [4.78, 5) is 22.7. The number of ether oxygens (including phenoxy) is 1. The van der Waals surface area contributed by atoms with E-state index in [4.69, 9.17) is 26.3 Å². The second-order valence-corrected chi connectivity index (χ2v) is 8.03. The fraction of sp³-hybridized carbons (Fsp3) is 0.227. The van der Waals surface area contributed by atoms with Gasteiger partial charge in [0, 0.05) is 37.1 Å². The lowest BCUT2D eigenvalue weighted by atomic mass is 10.1. The Morgan fingerprint density at radius 1 is 0.969 bits per heavy atom. The van der Waals surface area contributed by atoms with Crippen molar-refractivity contribution in [2.45, 2.75) is 18.9 Å². The van der Waals surface area contributed by atoms with Crippen LogP contribution in [0.4, 0.5) is 4.39 Å². The molecule has 0 aliphatic carbocycles. The zero-order valence-electron chi connectivity index (χ0n) is 16.8. The summed E-state index contributed by atoms with van der Waals surface area (Å²) in [5, 5.41) is 0.420. The molecule has 8 nitrogen and oxygen atoms in total. The number of fused-ring (bicyclic) bond motifs is 2. The Hall–Kier alpha value is -3.43. The maximum atomic E-state index is 13.9. The predicted octanol–water partition coefficient (Wildman–Crippen LogP) is 4.37. The molecule has 0 spiro atoms. The van der Waals surface area contributed by atoms with Crippen molar-refractivity contribution in [3.63, 3.8) is 0 Å². The molecule has 0 bridgehead atoms. The number of rotatable bonds is 3. The van der Waals surface area contributed by atoms with Crippen LogP contribution in [-0.2, 0) is 4.74 Å². The molecule has 0 amide bonds. The minimum Gasteiger partial charge on any atom is -0.381 e. The van der Waals surface area contributed by atoms with Crippen molar-refractivity contribution in [3.05, 3.63) is 60.0 Å². The number of nitrogens with zero attached hydrogens (tertiary/aromatic N) is 7. The number of hydrogen-bond acceptors (Lipinski definition) is 6. The Labute approximate surface area is 186 Å². The van der Waals surface area contributed by atoms with Crippen LogP contribution in [0.1, 0.15) is 18.9 Å². The van der Waals surface area contributed by atoms with Gasteiger partial charge in [-0.2, -0.15) is 4.98 Å². The molecule has 0 N–H and O–H groups in total. The number of pyridine rings is 1. The van der Waals surface area contributed by atoms with E-state index in [1.54, 1.807) is 35.4 Å². The van der Waals surface area contributed by atoms with Gasteiger partial charge in [-0.05, 0) is 37.1 Å². The molecule has 5 aromatic rings. The molecule has 10 heteroatoms. The van der Waals surface area contributed by atoms with E-state index in [1.807, 2.05) is 6.07 Å². The van der Waals surface area contributed by atoms with Crippen LogP contribution >= 0.6 is 11.6 Å². The Kier molecular flexibility index (Phi) is 4.58. The molecule has 0 atom stereocenters. The lowest BCUT2D eigenvalue weighted by Crippen LogP contribution is -2.20. The molecule has 1 aliphatic heterocycles. The van der Waals surface area contributed by atoms with Gasteiger partial charge in [0.25, 0.3) is 0 Å². The highest BCUT2D eigenvalue weighted by atomic mass is 35.5. The first-order chi connectivity index (χ1) is 15.7. The van der Waals surface area contributed by atoms with Gasteiger partial charge in [0.15, 0.2) is 5.65 Å². The highest BCUT2D eigenvalue weighted by molar-refractivity contribution is 6.29. The van der Waals surface area contributed by atoms with E-state index < -0.39 is 0 Å². The molecular weight excluding hydrogens is 433 g/mol. The molecule has 5 heterocycles. The van der Waals surface area contributed by atoms with E-state index in [2.05, 4.69) is 19.5 Å². The molecule has 4 aromatic heterocycles. The average molecular weight is 450 g/mol. The van der Waals surface area contributed by atoms with Crippen LogP contribution in [0.25, 0.3) is 39.5 Å². The fourth-order valence-electron chi connectivity index (χ4n) is 4.14. The van der Waals surface area contributed by atoms with Gasteiger partial charge >= 0.3 is 0 Å². The van der Waals surface area contributed by atoms with Gasteiger partial charge in [-0.1, -0.05) is 11.6 Å². The van der Waals surface area contributed by atoms with E-state index >= 15 is 0 Å². The molecule has 1 saturated heterocycles. The largest absolute Gasteiger partial charge is 0.381 e. The minimum absolute atomic E-state index is 0.166. The first kappa shape index (κ1) is 19.3. The Morgan fingerprint density at radius 2 is 1.84 bits per heavy atom. The van der Waals surface area contributed by atoms with Gasteiger partial charge in [0.1, 0.15) is 28.6 Å². The molecular formula is C22H17ClFN7O. The lowest BCUT2D eigenvalue weighted by molar-refractivity contribution is 0.0708. The second kappa shape index (κ2) is 7.61. The third-order valence-electron chi connectivity index (χ3n) is 5.69. The molecule has 1 aliphatic rings. The fourth-order valence-corrected chi connectivity index (χ4v) is 4.25. The number of halogens is 2. The molecule has 0 radical (unpaired) electrons. The minimum atomic E-state index is -0.342. The van der Waals surface area contributed by atoms with Crippen molar-refractivity contribution in [2.75, 3.05) is 13.2 Å². The quantitative estimate of drug-likeness (QED) is 0.380. The number of benzene rings is 1. The topological polar surface area (TPSA) is 83.5 Å². The van der Waals surface area contributed by atoms with E-state index in [9.17, 15) is 4.39 Å². The van der Waals surface area contributed by atoms with E-state index in [1.165, 1.54) is 12.1 Å². The summed E-state index contributed by atoms with van der Waals surface area (Å²) < 4.78 is 23.3. The van der Waals surface area contributed by atoms with Crippen LogP contribution in [0.15, 0.2) is 49.1 Å². The molecule has 1 fully saturated rings. The Balaban J connectivity index is 1.56. The van der Waals surface area contributed by atoms with Crippen molar-refractivity contribution in [2.24, 2.45) is 0 Å². The van der Waals surface area contributed by atoms with Crippen LogP contribution in [0.3, 0.4) is 0 Å². The van der Waals surface area contributed by atoms with Crippen LogP contribution in [0.2, 0.25) is 5.15 Å². The van der Waals surface area contributed by atoms with Gasteiger partial charge < -0.3 is 9.30 Å². The van der Waals surface area contributed by atoms with E-state index in [0.29, 0.717) is 46.5 Å². The number of hydrogen-bond donors (Lipinski definition) is 0. The van der Waals surface area contributed by atoms with Crippen LogP contribution < -0.4 is 0 Å². The maximum Gasteiger partial charge on any atom is 0.237 e. The number of imidazole rings is 2. The highest BCUT2D eigenvalue weighted by Crippen LogP contribution is 2.32. The summed E-state index contributed by atoms with van der Waals surface area (Å²) in [7, 11) is 0. The van der Waals surface area contributed by atoms with Gasteiger partial charge in [0.2, 0.25) is 5.95 Å². The first-order valence-corrected chi connectivity index (χ1v) is 10.6. The summed E-state index contributed by atoms with van der Waals surface area (Å²) >= 11 is 5.99.